The average molecular weight is 489 g/mol. The van der Waals surface area contributed by atoms with Crippen LogP contribution in [0.25, 0.3) is 32.7 Å². The van der Waals surface area contributed by atoms with E-state index in [1.54, 1.807) is 41.1 Å². The minimum atomic E-state index is -3.88. The summed E-state index contributed by atoms with van der Waals surface area (Å²) >= 11 is 0. The first-order valence-electron chi connectivity index (χ1n) is 10.9. The van der Waals surface area contributed by atoms with Crippen molar-refractivity contribution in [1.29, 1.82) is 0 Å². The maximum absolute atomic E-state index is 12.0. The standard InChI is InChI=1S/C26H24N4O4S/c1-16(15-34-20-8-6-17-10-11-29-25(27)23(17)13-20)30-14-19-12-18(7-9-22(19)26(30)31)21-4-2-3-5-24(21)35(28,32)33/h2-14,16,31H,15H2,1H3,(H2,27,29)(H2,28,32,33). The number of sulfonamides is 1. The van der Waals surface area contributed by atoms with E-state index in [0.29, 0.717) is 34.7 Å². The lowest BCUT2D eigenvalue weighted by molar-refractivity contribution is 0.250. The first-order chi connectivity index (χ1) is 16.7. The van der Waals surface area contributed by atoms with Gasteiger partial charge in [0.05, 0.1) is 10.9 Å². The molecule has 0 saturated carbocycles. The molecule has 5 aromatic rings. The van der Waals surface area contributed by atoms with E-state index in [2.05, 4.69) is 4.98 Å². The van der Waals surface area contributed by atoms with Crippen LogP contribution in [-0.2, 0) is 10.0 Å². The summed E-state index contributed by atoms with van der Waals surface area (Å²) in [5.41, 5.74) is 7.17. The average Bonchev–Trinajstić information content (AvgIpc) is 3.18. The Morgan fingerprint density at radius 1 is 1.03 bits per heavy atom. The molecule has 0 aliphatic carbocycles. The molecule has 5 N–H and O–H groups in total. The van der Waals surface area contributed by atoms with Crippen LogP contribution < -0.4 is 15.6 Å². The molecule has 35 heavy (non-hydrogen) atoms. The molecular weight excluding hydrogens is 464 g/mol. The first-order valence-corrected chi connectivity index (χ1v) is 12.5. The highest BCUT2D eigenvalue weighted by Gasteiger charge is 2.18. The fourth-order valence-electron chi connectivity index (χ4n) is 4.24. The number of nitrogen functional groups attached to an aromatic ring is 1. The fraction of sp³-hybridized carbons (Fsp3) is 0.115. The van der Waals surface area contributed by atoms with Crippen molar-refractivity contribution in [2.75, 3.05) is 12.3 Å². The summed E-state index contributed by atoms with van der Waals surface area (Å²) in [4.78, 5) is 4.17. The minimum absolute atomic E-state index is 0.0518. The van der Waals surface area contributed by atoms with Gasteiger partial charge in [-0.2, -0.15) is 0 Å². The number of anilines is 1. The third-order valence-corrected chi connectivity index (χ3v) is 7.02. The Morgan fingerprint density at radius 3 is 2.63 bits per heavy atom. The monoisotopic (exact) mass is 488 g/mol. The zero-order valence-corrected chi connectivity index (χ0v) is 19.7. The molecule has 1 atom stereocenters. The number of hydrogen-bond donors (Lipinski definition) is 3. The number of benzene rings is 3. The van der Waals surface area contributed by atoms with Crippen molar-refractivity contribution in [2.45, 2.75) is 17.9 Å². The molecule has 0 radical (unpaired) electrons. The van der Waals surface area contributed by atoms with Gasteiger partial charge in [-0.25, -0.2) is 18.5 Å². The van der Waals surface area contributed by atoms with Crippen molar-refractivity contribution in [3.63, 3.8) is 0 Å². The normalized spacial score (nSPS) is 12.7. The third-order valence-electron chi connectivity index (χ3n) is 6.05. The predicted octanol–water partition coefficient (Wildman–Crippen LogP) is 4.43. The largest absolute Gasteiger partial charge is 0.494 e. The zero-order valence-electron chi connectivity index (χ0n) is 18.9. The number of rotatable bonds is 6. The molecule has 0 aliphatic heterocycles. The second-order valence-electron chi connectivity index (χ2n) is 8.44. The van der Waals surface area contributed by atoms with E-state index in [4.69, 9.17) is 15.6 Å². The van der Waals surface area contributed by atoms with Gasteiger partial charge in [0, 0.05) is 34.1 Å². The Balaban J connectivity index is 1.42. The second kappa shape index (κ2) is 8.61. The van der Waals surface area contributed by atoms with Gasteiger partial charge in [0.1, 0.15) is 18.2 Å². The van der Waals surface area contributed by atoms with Gasteiger partial charge in [-0.1, -0.05) is 30.3 Å². The minimum Gasteiger partial charge on any atom is -0.494 e. The summed E-state index contributed by atoms with van der Waals surface area (Å²) in [6.07, 6.45) is 3.49. The van der Waals surface area contributed by atoms with Crippen LogP contribution >= 0.6 is 0 Å². The van der Waals surface area contributed by atoms with E-state index >= 15 is 0 Å². The van der Waals surface area contributed by atoms with Crippen LogP contribution in [0, 0.1) is 0 Å². The maximum atomic E-state index is 12.0. The van der Waals surface area contributed by atoms with Gasteiger partial charge in [0.2, 0.25) is 10.0 Å². The molecule has 0 amide bonds. The summed E-state index contributed by atoms with van der Waals surface area (Å²) in [6.45, 7) is 2.24. The topological polar surface area (TPSA) is 133 Å². The summed E-state index contributed by atoms with van der Waals surface area (Å²) in [7, 11) is -3.88. The van der Waals surface area contributed by atoms with Crippen LogP contribution in [-0.4, -0.2) is 29.7 Å². The zero-order chi connectivity index (χ0) is 24.7. The van der Waals surface area contributed by atoms with Gasteiger partial charge >= 0.3 is 0 Å². The number of fused-ring (bicyclic) bond motifs is 2. The van der Waals surface area contributed by atoms with Gasteiger partial charge in [-0.05, 0) is 54.3 Å². The Bertz CT molecular complexity index is 1680. The Labute approximate surface area is 202 Å². The van der Waals surface area contributed by atoms with E-state index < -0.39 is 10.0 Å². The van der Waals surface area contributed by atoms with Gasteiger partial charge < -0.3 is 20.1 Å². The second-order valence-corrected chi connectivity index (χ2v) is 9.97. The lowest BCUT2D eigenvalue weighted by Gasteiger charge is -2.16. The number of ether oxygens (including phenoxy) is 1. The molecule has 0 spiro atoms. The Hall–Kier alpha value is -4.08. The van der Waals surface area contributed by atoms with Crippen molar-refractivity contribution in [3.05, 3.63) is 79.1 Å². The molecule has 3 aromatic carbocycles. The highest BCUT2D eigenvalue weighted by atomic mass is 32.2. The van der Waals surface area contributed by atoms with Gasteiger partial charge in [0.15, 0.2) is 5.88 Å². The molecular formula is C26H24N4O4S. The number of nitrogens with two attached hydrogens (primary N) is 2. The number of nitrogens with zero attached hydrogens (tertiary/aromatic N) is 2. The van der Waals surface area contributed by atoms with Crippen molar-refractivity contribution < 1.29 is 18.3 Å². The summed E-state index contributed by atoms with van der Waals surface area (Å²) < 4.78 is 31.8. The van der Waals surface area contributed by atoms with Crippen molar-refractivity contribution in [2.24, 2.45) is 5.14 Å². The van der Waals surface area contributed by atoms with E-state index in [1.165, 1.54) is 6.07 Å². The van der Waals surface area contributed by atoms with Crippen molar-refractivity contribution in [1.82, 2.24) is 9.55 Å². The molecule has 178 valence electrons. The van der Waals surface area contributed by atoms with Crippen LogP contribution in [0.2, 0.25) is 0 Å². The molecule has 0 bridgehead atoms. The van der Waals surface area contributed by atoms with Crippen LogP contribution in [0.5, 0.6) is 11.6 Å². The number of aromatic nitrogens is 2. The van der Waals surface area contributed by atoms with Gasteiger partial charge in [-0.15, -0.1) is 0 Å². The predicted molar refractivity (Wildman–Crippen MR) is 137 cm³/mol. The van der Waals surface area contributed by atoms with E-state index in [9.17, 15) is 13.5 Å². The third kappa shape index (κ3) is 4.27. The summed E-state index contributed by atoms with van der Waals surface area (Å²) in [5.74, 6) is 1.20. The molecule has 1 unspecified atom stereocenters. The molecule has 0 saturated heterocycles. The van der Waals surface area contributed by atoms with Gasteiger partial charge in [-0.3, -0.25) is 0 Å². The van der Waals surface area contributed by atoms with Crippen LogP contribution in [0.3, 0.4) is 0 Å². The van der Waals surface area contributed by atoms with Crippen LogP contribution in [0.15, 0.2) is 84.0 Å². The number of aromatic hydroxyl groups is 1. The maximum Gasteiger partial charge on any atom is 0.238 e. The molecule has 0 fully saturated rings. The summed E-state index contributed by atoms with van der Waals surface area (Å²) in [5, 5.41) is 19.5. The number of hydrogen-bond acceptors (Lipinski definition) is 6. The molecule has 8 nitrogen and oxygen atoms in total. The van der Waals surface area contributed by atoms with Gasteiger partial charge in [0.25, 0.3) is 0 Å². The van der Waals surface area contributed by atoms with Crippen molar-refractivity contribution in [3.8, 4) is 22.8 Å². The number of pyridine rings is 1. The van der Waals surface area contributed by atoms with Crippen LogP contribution in [0.1, 0.15) is 13.0 Å². The highest BCUT2D eigenvalue weighted by molar-refractivity contribution is 7.89. The fourth-order valence-corrected chi connectivity index (χ4v) is 5.00. The summed E-state index contributed by atoms with van der Waals surface area (Å²) in [6, 6.07) is 19.3. The SMILES string of the molecule is CC(COc1ccc2ccnc(N)c2c1)n1cc2cc(-c3ccccc3S(N)(=O)=O)ccc2c1O. The smallest absolute Gasteiger partial charge is 0.238 e. The van der Waals surface area contributed by atoms with Crippen molar-refractivity contribution >= 4 is 37.4 Å². The highest BCUT2D eigenvalue weighted by Crippen LogP contribution is 2.35. The molecule has 2 heterocycles. The first kappa shape index (κ1) is 22.7. The lowest BCUT2D eigenvalue weighted by Crippen LogP contribution is -2.13. The molecule has 9 heteroatoms. The lowest BCUT2D eigenvalue weighted by atomic mass is 10.0. The Morgan fingerprint density at radius 2 is 1.83 bits per heavy atom. The molecule has 2 aromatic heterocycles. The van der Waals surface area contributed by atoms with E-state index in [1.807, 2.05) is 43.5 Å². The van der Waals surface area contributed by atoms with Crippen LogP contribution in [0.4, 0.5) is 5.82 Å². The Kier molecular flexibility index (Phi) is 5.58. The number of primary sulfonamides is 1. The quantitative estimate of drug-likeness (QED) is 0.324. The molecule has 5 rings (SSSR count). The van der Waals surface area contributed by atoms with E-state index in [-0.39, 0.29) is 16.8 Å². The van der Waals surface area contributed by atoms with E-state index in [0.717, 1.165) is 16.2 Å². The molecule has 0 aliphatic rings.